The molecule has 1 N–H and O–H groups in total. The summed E-state index contributed by atoms with van der Waals surface area (Å²) >= 11 is 4.64. The van der Waals surface area contributed by atoms with Crippen LogP contribution in [0.3, 0.4) is 0 Å². The van der Waals surface area contributed by atoms with Crippen LogP contribution in [0.2, 0.25) is 0 Å². The molecule has 0 bridgehead atoms. The van der Waals surface area contributed by atoms with Crippen LogP contribution < -0.4 is 5.32 Å². The van der Waals surface area contributed by atoms with Gasteiger partial charge in [-0.3, -0.25) is 0 Å². The van der Waals surface area contributed by atoms with Gasteiger partial charge in [0.1, 0.15) is 5.82 Å². The summed E-state index contributed by atoms with van der Waals surface area (Å²) in [6, 6.07) is 5.17. The predicted octanol–water partition coefficient (Wildman–Crippen LogP) is 3.72. The first kappa shape index (κ1) is 14.6. The van der Waals surface area contributed by atoms with Gasteiger partial charge in [0.25, 0.3) is 0 Å². The van der Waals surface area contributed by atoms with Crippen molar-refractivity contribution in [3.63, 3.8) is 0 Å². The molecule has 1 heterocycles. The molecule has 1 aromatic carbocycles. The van der Waals surface area contributed by atoms with Crippen molar-refractivity contribution >= 4 is 27.5 Å². The van der Waals surface area contributed by atoms with Crippen molar-refractivity contribution in [1.29, 1.82) is 0 Å². The van der Waals surface area contributed by atoms with Gasteiger partial charge < -0.3 is 5.32 Å². The summed E-state index contributed by atoms with van der Waals surface area (Å²) in [6.45, 7) is 3.01. The number of benzene rings is 1. The lowest BCUT2D eigenvalue weighted by molar-refractivity contribution is 0.514. The number of hydrogen-bond acceptors (Lipinski definition) is 4. The molecule has 0 amide bonds. The zero-order valence-corrected chi connectivity index (χ0v) is 13.0. The van der Waals surface area contributed by atoms with Crippen LogP contribution in [0.1, 0.15) is 30.6 Å². The minimum atomic E-state index is -0.233. The van der Waals surface area contributed by atoms with Crippen molar-refractivity contribution in [2.45, 2.75) is 25.8 Å². The molecule has 2 aromatic rings. The van der Waals surface area contributed by atoms with E-state index in [1.165, 1.54) is 17.6 Å². The fraction of sp³-hybridized carbons (Fsp3) is 0.385. The molecule has 0 spiro atoms. The molecule has 1 atom stereocenters. The van der Waals surface area contributed by atoms with E-state index < -0.39 is 0 Å². The van der Waals surface area contributed by atoms with Crippen LogP contribution in [-0.2, 0) is 6.42 Å². The summed E-state index contributed by atoms with van der Waals surface area (Å²) in [7, 11) is 0. The lowest BCUT2D eigenvalue weighted by atomic mass is 10.0. The van der Waals surface area contributed by atoms with Gasteiger partial charge in [-0.25, -0.2) is 4.39 Å². The molecule has 0 saturated carbocycles. The first-order valence-electron chi connectivity index (χ1n) is 6.15. The number of rotatable bonds is 6. The monoisotopic (exact) mass is 343 g/mol. The number of nitrogens with one attached hydrogen (secondary N) is 1. The highest BCUT2D eigenvalue weighted by Gasteiger charge is 2.16. The van der Waals surface area contributed by atoms with E-state index in [0.29, 0.717) is 10.9 Å². The van der Waals surface area contributed by atoms with E-state index in [2.05, 4.69) is 37.8 Å². The van der Waals surface area contributed by atoms with E-state index in [-0.39, 0.29) is 11.9 Å². The maximum absolute atomic E-state index is 13.5. The summed E-state index contributed by atoms with van der Waals surface area (Å²) in [5, 5.41) is 9.47. The van der Waals surface area contributed by atoms with Crippen LogP contribution in [0.5, 0.6) is 0 Å². The van der Waals surface area contributed by atoms with Gasteiger partial charge >= 0.3 is 0 Å². The standard InChI is InChI=1S/C13H15BrFN3S/c1-2-6-16-11(12-8-19-18-17-12)7-9-4-3-5-10(15)13(9)14/h3-5,8,11,16H,2,6-7H2,1H3. The molecule has 0 fully saturated rings. The van der Waals surface area contributed by atoms with Gasteiger partial charge in [-0.05, 0) is 58.5 Å². The molecular formula is C13H15BrFN3S. The van der Waals surface area contributed by atoms with Crippen molar-refractivity contribution < 1.29 is 4.39 Å². The van der Waals surface area contributed by atoms with Crippen LogP contribution in [0.4, 0.5) is 4.39 Å². The first-order chi connectivity index (χ1) is 9.22. The first-order valence-corrected chi connectivity index (χ1v) is 7.78. The molecule has 1 aromatic heterocycles. The van der Waals surface area contributed by atoms with Crippen molar-refractivity contribution in [3.8, 4) is 0 Å². The fourth-order valence-corrected chi connectivity index (χ4v) is 2.78. The topological polar surface area (TPSA) is 37.8 Å². The summed E-state index contributed by atoms with van der Waals surface area (Å²) in [6.07, 6.45) is 1.72. The van der Waals surface area contributed by atoms with E-state index in [0.717, 1.165) is 24.2 Å². The van der Waals surface area contributed by atoms with Gasteiger partial charge in [-0.15, -0.1) is 5.10 Å². The Kier molecular flexibility index (Phi) is 5.42. The van der Waals surface area contributed by atoms with E-state index in [1.807, 2.05) is 11.4 Å². The van der Waals surface area contributed by atoms with E-state index in [9.17, 15) is 4.39 Å². The Morgan fingerprint density at radius 3 is 3.00 bits per heavy atom. The van der Waals surface area contributed by atoms with Crippen LogP contribution in [0, 0.1) is 5.82 Å². The Balaban J connectivity index is 2.18. The van der Waals surface area contributed by atoms with Gasteiger partial charge in [-0.1, -0.05) is 23.5 Å². The summed E-state index contributed by atoms with van der Waals surface area (Å²) in [5.41, 5.74) is 1.84. The second kappa shape index (κ2) is 7.07. The highest BCUT2D eigenvalue weighted by atomic mass is 79.9. The Morgan fingerprint density at radius 2 is 2.32 bits per heavy atom. The van der Waals surface area contributed by atoms with E-state index in [1.54, 1.807) is 6.07 Å². The summed E-state index contributed by atoms with van der Waals surface area (Å²) in [4.78, 5) is 0. The highest BCUT2D eigenvalue weighted by molar-refractivity contribution is 9.10. The number of aromatic nitrogens is 2. The van der Waals surface area contributed by atoms with Crippen molar-refractivity contribution in [2.24, 2.45) is 0 Å². The second-order valence-corrected chi connectivity index (χ2v) is 5.66. The zero-order valence-electron chi connectivity index (χ0n) is 10.6. The average Bonchev–Trinajstić information content (AvgIpc) is 2.93. The summed E-state index contributed by atoms with van der Waals surface area (Å²) < 4.78 is 18.0. The smallest absolute Gasteiger partial charge is 0.137 e. The lowest BCUT2D eigenvalue weighted by Crippen LogP contribution is -2.24. The maximum atomic E-state index is 13.5. The van der Waals surface area contributed by atoms with Gasteiger partial charge in [0.05, 0.1) is 16.2 Å². The Hall–Kier alpha value is -0.850. The number of hydrogen-bond donors (Lipinski definition) is 1. The van der Waals surface area contributed by atoms with Gasteiger partial charge in [-0.2, -0.15) is 0 Å². The SMILES string of the molecule is CCCNC(Cc1cccc(F)c1Br)c1csnn1. The molecule has 3 nitrogen and oxygen atoms in total. The Bertz CT molecular complexity index is 519. The molecule has 0 aliphatic heterocycles. The Labute approximate surface area is 124 Å². The number of halogens is 2. The quantitative estimate of drug-likeness (QED) is 0.868. The molecule has 0 aliphatic rings. The van der Waals surface area contributed by atoms with Crippen LogP contribution in [0.25, 0.3) is 0 Å². The highest BCUT2D eigenvalue weighted by Crippen LogP contribution is 2.25. The lowest BCUT2D eigenvalue weighted by Gasteiger charge is -2.17. The van der Waals surface area contributed by atoms with Crippen molar-refractivity contribution in [2.75, 3.05) is 6.54 Å². The molecule has 6 heteroatoms. The second-order valence-electron chi connectivity index (χ2n) is 4.25. The minimum Gasteiger partial charge on any atom is -0.308 e. The molecular weight excluding hydrogens is 329 g/mol. The fourth-order valence-electron chi connectivity index (χ4n) is 1.85. The van der Waals surface area contributed by atoms with E-state index in [4.69, 9.17) is 0 Å². The van der Waals surface area contributed by atoms with Crippen LogP contribution in [-0.4, -0.2) is 16.1 Å². The van der Waals surface area contributed by atoms with Crippen molar-refractivity contribution in [3.05, 3.63) is 45.1 Å². The molecule has 0 radical (unpaired) electrons. The molecule has 19 heavy (non-hydrogen) atoms. The van der Waals surface area contributed by atoms with Crippen LogP contribution >= 0.6 is 27.5 Å². The largest absolute Gasteiger partial charge is 0.308 e. The average molecular weight is 344 g/mol. The van der Waals surface area contributed by atoms with Crippen LogP contribution in [0.15, 0.2) is 28.1 Å². The van der Waals surface area contributed by atoms with Crippen molar-refractivity contribution in [1.82, 2.24) is 14.9 Å². The Morgan fingerprint density at radius 1 is 1.47 bits per heavy atom. The minimum absolute atomic E-state index is 0.0665. The molecule has 0 saturated heterocycles. The normalized spacial score (nSPS) is 12.6. The van der Waals surface area contributed by atoms with E-state index >= 15 is 0 Å². The molecule has 1 unspecified atom stereocenters. The zero-order chi connectivity index (χ0) is 13.7. The molecule has 0 aliphatic carbocycles. The third-order valence-electron chi connectivity index (χ3n) is 2.83. The molecule has 102 valence electrons. The summed E-state index contributed by atoms with van der Waals surface area (Å²) in [5.74, 6) is -0.233. The van der Waals surface area contributed by atoms with Gasteiger partial charge in [0.15, 0.2) is 0 Å². The maximum Gasteiger partial charge on any atom is 0.137 e. The predicted molar refractivity (Wildman–Crippen MR) is 78.7 cm³/mol. The number of nitrogens with zero attached hydrogens (tertiary/aromatic N) is 2. The third-order valence-corrected chi connectivity index (χ3v) is 4.24. The van der Waals surface area contributed by atoms with Gasteiger partial charge in [0.2, 0.25) is 0 Å². The molecule has 2 rings (SSSR count). The third kappa shape index (κ3) is 3.81. The van der Waals surface area contributed by atoms with Gasteiger partial charge in [0, 0.05) is 5.38 Å².